The summed E-state index contributed by atoms with van der Waals surface area (Å²) in [5.74, 6) is -3.58. The zero-order valence-corrected chi connectivity index (χ0v) is 22.2. The summed E-state index contributed by atoms with van der Waals surface area (Å²) in [4.78, 5) is 27.6. The molecule has 2 aliphatic rings. The van der Waals surface area contributed by atoms with Crippen molar-refractivity contribution in [2.75, 3.05) is 14.2 Å². The van der Waals surface area contributed by atoms with Crippen molar-refractivity contribution >= 4 is 11.6 Å². The number of aryl methyl sites for hydroxylation is 2. The first-order valence-electron chi connectivity index (χ1n) is 12.6. The number of carbonyl (C=O) groups excluding carboxylic acids is 2. The molecule has 6 rings (SSSR count). The van der Waals surface area contributed by atoms with Crippen LogP contribution >= 0.6 is 0 Å². The van der Waals surface area contributed by atoms with Gasteiger partial charge in [0.25, 0.3) is 0 Å². The highest BCUT2D eigenvalue weighted by atomic mass is 16.5. The molecule has 0 amide bonds. The molecule has 0 saturated carbocycles. The normalized spacial score (nSPS) is 17.0. The first kappa shape index (κ1) is 25.3. The molecular formula is C32H26O8. The Bertz CT molecular complexity index is 1650. The molecule has 2 aliphatic carbocycles. The molecule has 4 aromatic rings. The zero-order valence-electron chi connectivity index (χ0n) is 22.2. The minimum absolute atomic E-state index is 0.0226. The van der Waals surface area contributed by atoms with Crippen LogP contribution in [0.1, 0.15) is 77.1 Å². The van der Waals surface area contributed by atoms with Crippen molar-refractivity contribution in [2.45, 2.75) is 25.7 Å². The second kappa shape index (κ2) is 8.77. The first-order valence-corrected chi connectivity index (χ1v) is 12.6. The summed E-state index contributed by atoms with van der Waals surface area (Å²) in [6.07, 6.45) is 0. The van der Waals surface area contributed by atoms with Crippen molar-refractivity contribution in [1.82, 2.24) is 0 Å². The van der Waals surface area contributed by atoms with Crippen molar-refractivity contribution < 1.29 is 39.5 Å². The van der Waals surface area contributed by atoms with Gasteiger partial charge in [-0.05, 0) is 71.5 Å². The SMILES string of the molecule is COc1ccc2c(c1O)C(=O)c1c(O)cc(C)cc1C2C1c2cc(C)cc(O)c2C(=O)c2c1ccc(OC)c2O. The van der Waals surface area contributed by atoms with Crippen LogP contribution in [0.3, 0.4) is 0 Å². The molecule has 0 spiro atoms. The van der Waals surface area contributed by atoms with Crippen LogP contribution in [0.15, 0.2) is 48.5 Å². The fraction of sp³-hybridized carbons (Fsp3) is 0.188. The average Bonchev–Trinajstić information content (AvgIpc) is 2.89. The topological polar surface area (TPSA) is 134 Å². The van der Waals surface area contributed by atoms with Crippen LogP contribution in [0.25, 0.3) is 0 Å². The number of aromatic hydroxyl groups is 4. The van der Waals surface area contributed by atoms with E-state index in [2.05, 4.69) is 0 Å². The van der Waals surface area contributed by atoms with E-state index in [1.165, 1.54) is 26.4 Å². The number of carbonyl (C=O) groups is 2. The Hall–Kier alpha value is -4.98. The van der Waals surface area contributed by atoms with E-state index in [9.17, 15) is 30.0 Å². The van der Waals surface area contributed by atoms with Gasteiger partial charge < -0.3 is 29.9 Å². The first-order chi connectivity index (χ1) is 19.1. The maximum atomic E-state index is 13.8. The average molecular weight is 539 g/mol. The smallest absolute Gasteiger partial charge is 0.201 e. The number of phenols is 4. The van der Waals surface area contributed by atoms with Gasteiger partial charge in [0.05, 0.1) is 36.5 Å². The molecule has 0 heterocycles. The predicted octanol–water partition coefficient (Wildman–Crippen LogP) is 5.20. The van der Waals surface area contributed by atoms with Gasteiger partial charge >= 0.3 is 0 Å². The number of hydrogen-bond acceptors (Lipinski definition) is 8. The van der Waals surface area contributed by atoms with E-state index in [-0.39, 0.29) is 56.8 Å². The van der Waals surface area contributed by atoms with Gasteiger partial charge in [0.15, 0.2) is 23.0 Å². The zero-order chi connectivity index (χ0) is 28.6. The second-order valence-corrected chi connectivity index (χ2v) is 10.3. The van der Waals surface area contributed by atoms with Crippen LogP contribution in [0, 0.1) is 13.8 Å². The lowest BCUT2D eigenvalue weighted by Crippen LogP contribution is -2.30. The Morgan fingerprint density at radius 1 is 0.550 bits per heavy atom. The minimum atomic E-state index is -0.718. The third-order valence-corrected chi connectivity index (χ3v) is 7.95. The molecule has 0 aliphatic heterocycles. The summed E-state index contributed by atoms with van der Waals surface area (Å²) >= 11 is 0. The lowest BCUT2D eigenvalue weighted by molar-refractivity contribution is 0.101. The molecule has 0 radical (unpaired) electrons. The number of methoxy groups -OCH3 is 2. The standard InChI is InChI=1S/C32H26O8/c1-13-9-17-23(15-5-7-21(39-3)29(35)27(15)31(37)25(17)19(33)11-13)24-16-6-8-22(40-4)30(36)28(16)32(38)26-18(24)10-14(2)12-20(26)34/h5-12,23-24,33-36H,1-4H3. The Morgan fingerprint density at radius 2 is 0.925 bits per heavy atom. The highest BCUT2D eigenvalue weighted by Crippen LogP contribution is 2.57. The van der Waals surface area contributed by atoms with Crippen molar-refractivity contribution in [2.24, 2.45) is 0 Å². The highest BCUT2D eigenvalue weighted by molar-refractivity contribution is 6.18. The molecule has 4 N–H and O–H groups in total. The minimum Gasteiger partial charge on any atom is -0.507 e. The Morgan fingerprint density at radius 3 is 1.27 bits per heavy atom. The Kier molecular flexibility index (Phi) is 5.55. The van der Waals surface area contributed by atoms with E-state index in [0.29, 0.717) is 33.4 Å². The number of rotatable bonds is 3. The molecule has 2 unspecified atom stereocenters. The molecule has 202 valence electrons. The highest BCUT2D eigenvalue weighted by Gasteiger charge is 2.46. The molecule has 8 nitrogen and oxygen atoms in total. The van der Waals surface area contributed by atoms with Crippen LogP contribution in [0.2, 0.25) is 0 Å². The van der Waals surface area contributed by atoms with Gasteiger partial charge in [-0.25, -0.2) is 0 Å². The van der Waals surface area contributed by atoms with Gasteiger partial charge in [-0.3, -0.25) is 9.59 Å². The van der Waals surface area contributed by atoms with E-state index in [1.807, 2.05) is 0 Å². The summed E-state index contributed by atoms with van der Waals surface area (Å²) in [6.45, 7) is 3.59. The maximum Gasteiger partial charge on any atom is 0.201 e. The van der Waals surface area contributed by atoms with Crippen LogP contribution in [-0.2, 0) is 0 Å². The Balaban J connectivity index is 1.78. The molecule has 2 atom stereocenters. The molecule has 0 bridgehead atoms. The van der Waals surface area contributed by atoms with E-state index in [0.717, 1.165) is 0 Å². The molecule has 0 saturated heterocycles. The number of hydrogen-bond donors (Lipinski definition) is 4. The van der Waals surface area contributed by atoms with Crippen LogP contribution in [-0.4, -0.2) is 46.2 Å². The fourth-order valence-electron chi connectivity index (χ4n) is 6.38. The molecule has 4 aromatic carbocycles. The van der Waals surface area contributed by atoms with E-state index in [4.69, 9.17) is 9.47 Å². The molecule has 40 heavy (non-hydrogen) atoms. The number of benzene rings is 4. The van der Waals surface area contributed by atoms with Crippen LogP contribution in [0.4, 0.5) is 0 Å². The van der Waals surface area contributed by atoms with Crippen molar-refractivity contribution in [3.05, 3.63) is 104 Å². The molecule has 0 aromatic heterocycles. The summed E-state index contributed by atoms with van der Waals surface area (Å²) in [5.41, 5.74) is 3.30. The summed E-state index contributed by atoms with van der Waals surface area (Å²) in [5, 5.41) is 44.3. The van der Waals surface area contributed by atoms with Gasteiger partial charge in [0, 0.05) is 11.8 Å². The molecule has 0 fully saturated rings. The third kappa shape index (κ3) is 3.32. The van der Waals surface area contributed by atoms with Crippen LogP contribution < -0.4 is 9.47 Å². The van der Waals surface area contributed by atoms with E-state index in [1.54, 1.807) is 50.2 Å². The maximum absolute atomic E-state index is 13.8. The Labute approximate surface area is 229 Å². The largest absolute Gasteiger partial charge is 0.507 e. The molecule has 8 heteroatoms. The van der Waals surface area contributed by atoms with Crippen LogP contribution in [0.5, 0.6) is 34.5 Å². The lowest BCUT2D eigenvalue weighted by Gasteiger charge is -2.39. The summed E-state index contributed by atoms with van der Waals surface area (Å²) < 4.78 is 10.6. The van der Waals surface area contributed by atoms with Crippen molar-refractivity contribution in [3.8, 4) is 34.5 Å². The quantitative estimate of drug-likeness (QED) is 0.280. The number of phenolic OH excluding ortho intramolecular Hbond substituents is 4. The fourth-order valence-corrected chi connectivity index (χ4v) is 6.38. The van der Waals surface area contributed by atoms with Crippen molar-refractivity contribution in [1.29, 1.82) is 0 Å². The monoisotopic (exact) mass is 538 g/mol. The molecular weight excluding hydrogens is 512 g/mol. The third-order valence-electron chi connectivity index (χ3n) is 7.95. The number of ketones is 2. The van der Waals surface area contributed by atoms with E-state index >= 15 is 0 Å². The predicted molar refractivity (Wildman–Crippen MR) is 146 cm³/mol. The lowest BCUT2D eigenvalue weighted by atomic mass is 9.63. The summed E-state index contributed by atoms with van der Waals surface area (Å²) in [7, 11) is 2.75. The second-order valence-electron chi connectivity index (χ2n) is 10.3. The number of fused-ring (bicyclic) bond motifs is 4. The summed E-state index contributed by atoms with van der Waals surface area (Å²) in [6, 6.07) is 13.1. The van der Waals surface area contributed by atoms with Crippen molar-refractivity contribution in [3.63, 3.8) is 0 Å². The van der Waals surface area contributed by atoms with Gasteiger partial charge in [-0.2, -0.15) is 0 Å². The van der Waals surface area contributed by atoms with Gasteiger partial charge in [-0.1, -0.05) is 24.3 Å². The van der Waals surface area contributed by atoms with Gasteiger partial charge in [0.1, 0.15) is 11.5 Å². The van der Waals surface area contributed by atoms with E-state index < -0.39 is 23.4 Å². The van der Waals surface area contributed by atoms with Gasteiger partial charge in [-0.15, -0.1) is 0 Å². The number of ether oxygens (including phenoxy) is 2. The van der Waals surface area contributed by atoms with Gasteiger partial charge in [0.2, 0.25) is 11.6 Å².